The topological polar surface area (TPSA) is 3.24 Å². The van der Waals surface area contributed by atoms with Gasteiger partial charge in [-0.2, -0.15) is 0 Å². The van der Waals surface area contributed by atoms with Crippen LogP contribution in [0.5, 0.6) is 0 Å². The van der Waals surface area contributed by atoms with Gasteiger partial charge in [0.25, 0.3) is 0 Å². The monoisotopic (exact) mass is 187 g/mol. The van der Waals surface area contributed by atoms with Gasteiger partial charge in [-0.3, -0.25) is 4.90 Å². The second-order valence-electron chi connectivity index (χ2n) is 4.70. The Morgan fingerprint density at radius 3 is 2.71 bits per heavy atom. The molecule has 0 spiro atoms. The van der Waals surface area contributed by atoms with Gasteiger partial charge in [-0.1, -0.05) is 24.3 Å². The Bertz CT molecular complexity index is 328. The molecule has 14 heavy (non-hydrogen) atoms. The zero-order valence-electron chi connectivity index (χ0n) is 8.58. The van der Waals surface area contributed by atoms with Crippen molar-refractivity contribution in [2.45, 2.75) is 25.8 Å². The number of fused-ring (bicyclic) bond motifs is 1. The average Bonchev–Trinajstić information content (AvgIpc) is 3.02. The highest BCUT2D eigenvalue weighted by molar-refractivity contribution is 5.29. The molecule has 1 aliphatic heterocycles. The number of benzene rings is 1. The summed E-state index contributed by atoms with van der Waals surface area (Å²) in [5.41, 5.74) is 3.12. The molecule has 1 heteroatoms. The number of hydrogen-bond acceptors (Lipinski definition) is 1. The van der Waals surface area contributed by atoms with E-state index in [0.29, 0.717) is 0 Å². The first kappa shape index (κ1) is 8.49. The summed E-state index contributed by atoms with van der Waals surface area (Å²) in [7, 11) is 0. The molecule has 0 atom stereocenters. The van der Waals surface area contributed by atoms with Crippen LogP contribution in [0.15, 0.2) is 24.3 Å². The van der Waals surface area contributed by atoms with Gasteiger partial charge in [0.05, 0.1) is 0 Å². The summed E-state index contributed by atoms with van der Waals surface area (Å²) in [6.07, 6.45) is 4.19. The van der Waals surface area contributed by atoms with Crippen LogP contribution in [0.3, 0.4) is 0 Å². The Morgan fingerprint density at radius 1 is 1.14 bits per heavy atom. The number of hydrogen-bond donors (Lipinski definition) is 0. The molecule has 0 amide bonds. The van der Waals surface area contributed by atoms with Crippen molar-refractivity contribution in [3.05, 3.63) is 35.4 Å². The quantitative estimate of drug-likeness (QED) is 0.687. The van der Waals surface area contributed by atoms with Crippen molar-refractivity contribution in [2.24, 2.45) is 5.92 Å². The van der Waals surface area contributed by atoms with Crippen molar-refractivity contribution in [3.8, 4) is 0 Å². The van der Waals surface area contributed by atoms with Gasteiger partial charge >= 0.3 is 0 Å². The molecule has 1 nitrogen and oxygen atoms in total. The molecular formula is C13H17N. The SMILES string of the molecule is c1ccc2c(c1)CCN(CC1CC1)C2. The predicted octanol–water partition coefficient (Wildman–Crippen LogP) is 2.45. The van der Waals surface area contributed by atoms with Crippen molar-refractivity contribution < 1.29 is 0 Å². The van der Waals surface area contributed by atoms with Gasteiger partial charge in [0.1, 0.15) is 0 Å². The molecule has 1 aromatic carbocycles. The van der Waals surface area contributed by atoms with Crippen molar-refractivity contribution in [2.75, 3.05) is 13.1 Å². The van der Waals surface area contributed by atoms with Gasteiger partial charge in [0.15, 0.2) is 0 Å². The summed E-state index contributed by atoms with van der Waals surface area (Å²) in [6, 6.07) is 8.90. The lowest BCUT2D eigenvalue weighted by molar-refractivity contribution is 0.244. The highest BCUT2D eigenvalue weighted by Crippen LogP contribution is 2.31. The first-order valence-corrected chi connectivity index (χ1v) is 5.71. The fraction of sp³-hybridized carbons (Fsp3) is 0.538. The molecule has 3 rings (SSSR count). The van der Waals surface area contributed by atoms with Gasteiger partial charge in [-0.25, -0.2) is 0 Å². The maximum absolute atomic E-state index is 2.62. The molecule has 0 radical (unpaired) electrons. The summed E-state index contributed by atoms with van der Waals surface area (Å²) in [6.45, 7) is 3.80. The van der Waals surface area contributed by atoms with E-state index in [0.717, 1.165) is 5.92 Å². The summed E-state index contributed by atoms with van der Waals surface area (Å²) in [5.74, 6) is 1.03. The van der Waals surface area contributed by atoms with E-state index >= 15 is 0 Å². The van der Waals surface area contributed by atoms with Crippen LogP contribution >= 0.6 is 0 Å². The minimum Gasteiger partial charge on any atom is -0.298 e. The average molecular weight is 187 g/mol. The Hall–Kier alpha value is -0.820. The number of nitrogens with zero attached hydrogens (tertiary/aromatic N) is 1. The van der Waals surface area contributed by atoms with Crippen LogP contribution in [-0.4, -0.2) is 18.0 Å². The second kappa shape index (κ2) is 3.39. The van der Waals surface area contributed by atoms with Crippen LogP contribution in [0.25, 0.3) is 0 Å². The third kappa shape index (κ3) is 1.69. The molecule has 1 fully saturated rings. The zero-order chi connectivity index (χ0) is 9.38. The van der Waals surface area contributed by atoms with Crippen LogP contribution in [0.1, 0.15) is 24.0 Å². The Morgan fingerprint density at radius 2 is 1.93 bits per heavy atom. The van der Waals surface area contributed by atoms with E-state index < -0.39 is 0 Å². The fourth-order valence-electron chi connectivity index (χ4n) is 2.38. The van der Waals surface area contributed by atoms with Crippen LogP contribution in [0.2, 0.25) is 0 Å². The third-order valence-electron chi connectivity index (χ3n) is 3.42. The molecule has 0 aromatic heterocycles. The predicted molar refractivity (Wildman–Crippen MR) is 58.1 cm³/mol. The van der Waals surface area contributed by atoms with E-state index in [2.05, 4.69) is 29.2 Å². The standard InChI is InChI=1S/C13H17N/c1-2-4-13-10-14(9-11-5-6-11)8-7-12(13)3-1/h1-4,11H,5-10H2. The lowest BCUT2D eigenvalue weighted by Crippen LogP contribution is -2.32. The smallest absolute Gasteiger partial charge is 0.0236 e. The van der Waals surface area contributed by atoms with E-state index in [1.165, 1.54) is 38.9 Å². The molecular weight excluding hydrogens is 170 g/mol. The molecule has 0 saturated heterocycles. The first-order valence-electron chi connectivity index (χ1n) is 5.71. The van der Waals surface area contributed by atoms with Crippen molar-refractivity contribution >= 4 is 0 Å². The fourth-order valence-corrected chi connectivity index (χ4v) is 2.38. The molecule has 2 aliphatic rings. The molecule has 1 heterocycles. The summed E-state index contributed by atoms with van der Waals surface area (Å²) >= 11 is 0. The lowest BCUT2D eigenvalue weighted by Gasteiger charge is -2.28. The van der Waals surface area contributed by atoms with Crippen LogP contribution in [-0.2, 0) is 13.0 Å². The van der Waals surface area contributed by atoms with Gasteiger partial charge in [-0.05, 0) is 36.3 Å². The number of rotatable bonds is 2. The normalized spacial score (nSPS) is 22.0. The largest absolute Gasteiger partial charge is 0.298 e. The minimum absolute atomic E-state index is 1.03. The van der Waals surface area contributed by atoms with Gasteiger partial charge < -0.3 is 0 Å². The molecule has 1 saturated carbocycles. The van der Waals surface area contributed by atoms with E-state index in [1.807, 2.05) is 0 Å². The summed E-state index contributed by atoms with van der Waals surface area (Å²) in [5, 5.41) is 0. The van der Waals surface area contributed by atoms with Crippen LogP contribution < -0.4 is 0 Å². The van der Waals surface area contributed by atoms with Crippen molar-refractivity contribution in [3.63, 3.8) is 0 Å². The molecule has 0 bridgehead atoms. The first-order chi connectivity index (χ1) is 6.92. The third-order valence-corrected chi connectivity index (χ3v) is 3.42. The van der Waals surface area contributed by atoms with E-state index in [-0.39, 0.29) is 0 Å². The van der Waals surface area contributed by atoms with E-state index in [1.54, 1.807) is 11.1 Å². The van der Waals surface area contributed by atoms with Gasteiger partial charge in [0.2, 0.25) is 0 Å². The molecule has 1 aromatic rings. The summed E-state index contributed by atoms with van der Waals surface area (Å²) in [4.78, 5) is 2.62. The second-order valence-corrected chi connectivity index (χ2v) is 4.70. The van der Waals surface area contributed by atoms with Crippen LogP contribution in [0, 0.1) is 5.92 Å². The van der Waals surface area contributed by atoms with E-state index in [4.69, 9.17) is 0 Å². The minimum atomic E-state index is 1.03. The molecule has 0 unspecified atom stereocenters. The lowest BCUT2D eigenvalue weighted by atomic mass is 10.00. The maximum atomic E-state index is 2.62. The molecule has 74 valence electrons. The highest BCUT2D eigenvalue weighted by Gasteiger charge is 2.25. The highest BCUT2D eigenvalue weighted by atomic mass is 15.1. The Labute approximate surface area is 85.7 Å². The maximum Gasteiger partial charge on any atom is 0.0236 e. The summed E-state index contributed by atoms with van der Waals surface area (Å²) < 4.78 is 0. The van der Waals surface area contributed by atoms with E-state index in [9.17, 15) is 0 Å². The van der Waals surface area contributed by atoms with Crippen LogP contribution in [0.4, 0.5) is 0 Å². The Kier molecular flexibility index (Phi) is 2.06. The van der Waals surface area contributed by atoms with Gasteiger partial charge in [0, 0.05) is 19.6 Å². The zero-order valence-corrected chi connectivity index (χ0v) is 8.58. The molecule has 0 N–H and O–H groups in total. The van der Waals surface area contributed by atoms with Crippen molar-refractivity contribution in [1.29, 1.82) is 0 Å². The van der Waals surface area contributed by atoms with Gasteiger partial charge in [-0.15, -0.1) is 0 Å². The Balaban J connectivity index is 1.72. The molecule has 1 aliphatic carbocycles. The van der Waals surface area contributed by atoms with Crippen molar-refractivity contribution in [1.82, 2.24) is 4.90 Å².